The highest BCUT2D eigenvalue weighted by Gasteiger charge is 2.05. The molecule has 0 saturated heterocycles. The highest BCUT2D eigenvalue weighted by atomic mass is 35.5. The summed E-state index contributed by atoms with van der Waals surface area (Å²) >= 11 is 6.11. The van der Waals surface area contributed by atoms with E-state index in [-0.39, 0.29) is 0 Å². The fraction of sp³-hybridized carbons (Fsp3) is 0.214. The Balaban J connectivity index is 2.23. The van der Waals surface area contributed by atoms with Crippen LogP contribution >= 0.6 is 11.6 Å². The number of aryl methyl sites for hydroxylation is 2. The molecule has 1 heterocycles. The molecule has 0 spiro atoms. The topological polar surface area (TPSA) is 48.1 Å². The van der Waals surface area contributed by atoms with E-state index in [0.717, 1.165) is 27.6 Å². The van der Waals surface area contributed by atoms with Gasteiger partial charge in [0, 0.05) is 11.6 Å². The zero-order chi connectivity index (χ0) is 13.1. The number of ether oxygens (including phenoxy) is 1. The van der Waals surface area contributed by atoms with Crippen LogP contribution in [-0.2, 0) is 6.54 Å². The van der Waals surface area contributed by atoms with Crippen molar-refractivity contribution in [2.75, 3.05) is 0 Å². The third-order valence-electron chi connectivity index (χ3n) is 2.65. The summed E-state index contributed by atoms with van der Waals surface area (Å²) in [4.78, 5) is 4.18. The molecule has 2 rings (SSSR count). The number of rotatable bonds is 3. The predicted octanol–water partition coefficient (Wildman–Crippen LogP) is 3.60. The fourth-order valence-corrected chi connectivity index (χ4v) is 1.80. The van der Waals surface area contributed by atoms with Crippen molar-refractivity contribution in [1.82, 2.24) is 4.98 Å². The van der Waals surface area contributed by atoms with Crippen molar-refractivity contribution in [3.63, 3.8) is 0 Å². The molecule has 0 unspecified atom stereocenters. The highest BCUT2D eigenvalue weighted by molar-refractivity contribution is 6.32. The Morgan fingerprint density at radius 2 is 1.83 bits per heavy atom. The van der Waals surface area contributed by atoms with Gasteiger partial charge in [-0.05, 0) is 49.2 Å². The number of aromatic nitrogens is 1. The van der Waals surface area contributed by atoms with E-state index in [1.54, 1.807) is 6.20 Å². The van der Waals surface area contributed by atoms with Crippen LogP contribution in [0.25, 0.3) is 0 Å². The lowest BCUT2D eigenvalue weighted by atomic mass is 10.1. The van der Waals surface area contributed by atoms with Crippen molar-refractivity contribution >= 4 is 11.6 Å². The summed E-state index contributed by atoms with van der Waals surface area (Å²) in [6.45, 7) is 4.34. The van der Waals surface area contributed by atoms with E-state index in [0.29, 0.717) is 12.3 Å². The molecule has 0 aliphatic carbocycles. The summed E-state index contributed by atoms with van der Waals surface area (Å²) in [7, 11) is 0. The molecular formula is C14H15ClN2O. The lowest BCUT2D eigenvalue weighted by Gasteiger charge is -2.09. The first-order valence-electron chi connectivity index (χ1n) is 5.69. The van der Waals surface area contributed by atoms with Crippen LogP contribution in [0.4, 0.5) is 0 Å². The van der Waals surface area contributed by atoms with Crippen LogP contribution in [0, 0.1) is 13.8 Å². The monoisotopic (exact) mass is 262 g/mol. The van der Waals surface area contributed by atoms with E-state index in [1.807, 2.05) is 38.1 Å². The molecule has 1 aromatic carbocycles. The SMILES string of the molecule is Cc1cc(Oc2ccc(CN)nc2)cc(C)c1Cl. The molecule has 18 heavy (non-hydrogen) atoms. The van der Waals surface area contributed by atoms with Crippen LogP contribution < -0.4 is 10.5 Å². The average molecular weight is 263 g/mol. The van der Waals surface area contributed by atoms with Crippen LogP contribution in [0.3, 0.4) is 0 Å². The van der Waals surface area contributed by atoms with Crippen molar-refractivity contribution in [1.29, 1.82) is 0 Å². The van der Waals surface area contributed by atoms with Crippen LogP contribution in [0.15, 0.2) is 30.5 Å². The molecule has 2 aromatic rings. The van der Waals surface area contributed by atoms with Crippen molar-refractivity contribution < 1.29 is 4.74 Å². The molecule has 3 nitrogen and oxygen atoms in total. The molecule has 0 atom stereocenters. The van der Waals surface area contributed by atoms with E-state index in [9.17, 15) is 0 Å². The largest absolute Gasteiger partial charge is 0.456 e. The molecule has 0 bridgehead atoms. The van der Waals surface area contributed by atoms with Gasteiger partial charge in [0.1, 0.15) is 11.5 Å². The Kier molecular flexibility index (Phi) is 3.84. The second-order valence-corrected chi connectivity index (χ2v) is 4.54. The minimum Gasteiger partial charge on any atom is -0.456 e. The maximum Gasteiger partial charge on any atom is 0.145 e. The maximum atomic E-state index is 6.11. The molecule has 0 fully saturated rings. The van der Waals surface area contributed by atoms with E-state index in [1.165, 1.54) is 0 Å². The van der Waals surface area contributed by atoms with Crippen LogP contribution in [0.1, 0.15) is 16.8 Å². The van der Waals surface area contributed by atoms with Gasteiger partial charge in [0.05, 0.1) is 11.9 Å². The Labute approximate surface area is 112 Å². The zero-order valence-electron chi connectivity index (χ0n) is 10.4. The molecule has 0 saturated carbocycles. The van der Waals surface area contributed by atoms with Crippen molar-refractivity contribution in [3.05, 3.63) is 52.3 Å². The quantitative estimate of drug-likeness (QED) is 0.919. The van der Waals surface area contributed by atoms with Gasteiger partial charge in [0.25, 0.3) is 0 Å². The van der Waals surface area contributed by atoms with E-state index in [2.05, 4.69) is 4.98 Å². The molecular weight excluding hydrogens is 248 g/mol. The molecule has 0 amide bonds. The van der Waals surface area contributed by atoms with Crippen LogP contribution in [-0.4, -0.2) is 4.98 Å². The van der Waals surface area contributed by atoms with Crippen LogP contribution in [0.2, 0.25) is 5.02 Å². The van der Waals surface area contributed by atoms with Gasteiger partial charge in [-0.1, -0.05) is 11.6 Å². The molecule has 0 aliphatic rings. The van der Waals surface area contributed by atoms with Gasteiger partial charge in [-0.2, -0.15) is 0 Å². The van der Waals surface area contributed by atoms with Gasteiger partial charge < -0.3 is 10.5 Å². The normalized spacial score (nSPS) is 10.4. The first kappa shape index (κ1) is 12.9. The summed E-state index contributed by atoms with van der Waals surface area (Å²) in [5, 5.41) is 0.777. The summed E-state index contributed by atoms with van der Waals surface area (Å²) in [6.07, 6.45) is 1.67. The molecule has 0 aliphatic heterocycles. The van der Waals surface area contributed by atoms with Gasteiger partial charge in [-0.25, -0.2) is 0 Å². The van der Waals surface area contributed by atoms with Gasteiger partial charge in [-0.3, -0.25) is 4.98 Å². The Hall–Kier alpha value is -1.58. The van der Waals surface area contributed by atoms with E-state index in [4.69, 9.17) is 22.1 Å². The number of hydrogen-bond donors (Lipinski definition) is 1. The second kappa shape index (κ2) is 5.38. The lowest BCUT2D eigenvalue weighted by Crippen LogP contribution is -1.98. The van der Waals surface area contributed by atoms with E-state index < -0.39 is 0 Å². The standard InChI is InChI=1S/C14H15ClN2O/c1-9-5-13(6-10(2)14(9)15)18-12-4-3-11(7-16)17-8-12/h3-6,8H,7,16H2,1-2H3. The van der Waals surface area contributed by atoms with Crippen molar-refractivity contribution in [3.8, 4) is 11.5 Å². The zero-order valence-corrected chi connectivity index (χ0v) is 11.2. The highest BCUT2D eigenvalue weighted by Crippen LogP contribution is 2.28. The summed E-state index contributed by atoms with van der Waals surface area (Å²) in [5.74, 6) is 1.45. The van der Waals surface area contributed by atoms with Crippen LogP contribution in [0.5, 0.6) is 11.5 Å². The van der Waals surface area contributed by atoms with Crippen molar-refractivity contribution in [2.45, 2.75) is 20.4 Å². The summed E-state index contributed by atoms with van der Waals surface area (Å²) in [5.41, 5.74) is 8.33. The fourth-order valence-electron chi connectivity index (χ4n) is 1.69. The third-order valence-corrected chi connectivity index (χ3v) is 3.25. The second-order valence-electron chi connectivity index (χ2n) is 4.16. The Bertz CT molecular complexity index is 529. The van der Waals surface area contributed by atoms with Gasteiger partial charge in [0.15, 0.2) is 0 Å². The summed E-state index contributed by atoms with van der Waals surface area (Å²) < 4.78 is 5.73. The Morgan fingerprint density at radius 3 is 2.33 bits per heavy atom. The Morgan fingerprint density at radius 1 is 1.17 bits per heavy atom. The molecule has 2 N–H and O–H groups in total. The number of halogens is 1. The molecule has 4 heteroatoms. The van der Waals surface area contributed by atoms with Gasteiger partial charge in [-0.15, -0.1) is 0 Å². The minimum absolute atomic E-state index is 0.430. The first-order chi connectivity index (χ1) is 8.60. The molecule has 94 valence electrons. The lowest BCUT2D eigenvalue weighted by molar-refractivity contribution is 0.479. The summed E-state index contributed by atoms with van der Waals surface area (Å²) in [6, 6.07) is 7.53. The van der Waals surface area contributed by atoms with Crippen molar-refractivity contribution in [2.24, 2.45) is 5.73 Å². The first-order valence-corrected chi connectivity index (χ1v) is 6.07. The molecule has 0 radical (unpaired) electrons. The van der Waals surface area contributed by atoms with Gasteiger partial charge in [0.2, 0.25) is 0 Å². The van der Waals surface area contributed by atoms with E-state index >= 15 is 0 Å². The third kappa shape index (κ3) is 2.81. The number of nitrogens with two attached hydrogens (primary N) is 1. The predicted molar refractivity (Wildman–Crippen MR) is 73.1 cm³/mol. The number of hydrogen-bond acceptors (Lipinski definition) is 3. The molecule has 1 aromatic heterocycles. The number of benzene rings is 1. The number of nitrogens with zero attached hydrogens (tertiary/aromatic N) is 1. The minimum atomic E-state index is 0.430. The smallest absolute Gasteiger partial charge is 0.145 e. The maximum absolute atomic E-state index is 6.11. The van der Waals surface area contributed by atoms with Gasteiger partial charge >= 0.3 is 0 Å². The number of pyridine rings is 1. The average Bonchev–Trinajstić information content (AvgIpc) is 2.37.